The number of hydrogen-bond acceptors (Lipinski definition) is 6. The van der Waals surface area contributed by atoms with E-state index >= 15 is 0 Å². The van der Waals surface area contributed by atoms with Crippen LogP contribution in [-0.2, 0) is 4.74 Å². The first-order valence-electron chi connectivity index (χ1n) is 12.2. The molecule has 2 unspecified atom stereocenters. The summed E-state index contributed by atoms with van der Waals surface area (Å²) in [5, 5.41) is 4.52. The number of halogens is 2. The Hall–Kier alpha value is -3.76. The van der Waals surface area contributed by atoms with Crippen molar-refractivity contribution in [3.05, 3.63) is 47.7 Å². The molecule has 0 N–H and O–H groups in total. The number of ether oxygens (including phenoxy) is 2. The SMILES string of the molecule is COc1cc(-c2cc(C(F)F)c3nc(C)cn3n2)cn2cc(C3C4CN(C(=O)OC(C)(C)C)CC43)nc12. The Morgan fingerprint density at radius 3 is 2.46 bits per heavy atom. The maximum absolute atomic E-state index is 13.8. The maximum atomic E-state index is 13.8. The van der Waals surface area contributed by atoms with Crippen LogP contribution in [0.5, 0.6) is 5.75 Å². The number of piperidine rings is 1. The van der Waals surface area contributed by atoms with Gasteiger partial charge in [-0.25, -0.2) is 28.1 Å². The van der Waals surface area contributed by atoms with Gasteiger partial charge in [0.2, 0.25) is 0 Å². The van der Waals surface area contributed by atoms with E-state index in [4.69, 9.17) is 14.5 Å². The molecule has 9 nitrogen and oxygen atoms in total. The minimum Gasteiger partial charge on any atom is -0.493 e. The first-order chi connectivity index (χ1) is 17.5. The predicted molar refractivity (Wildman–Crippen MR) is 131 cm³/mol. The van der Waals surface area contributed by atoms with Crippen molar-refractivity contribution in [1.29, 1.82) is 0 Å². The zero-order chi connectivity index (χ0) is 26.2. The normalized spacial score (nSPS) is 21.2. The molecule has 0 radical (unpaired) electrons. The molecule has 2 atom stereocenters. The summed E-state index contributed by atoms with van der Waals surface area (Å²) in [5.74, 6) is 1.45. The van der Waals surface area contributed by atoms with E-state index in [0.29, 0.717) is 53.3 Å². The van der Waals surface area contributed by atoms with Crippen LogP contribution < -0.4 is 4.74 Å². The van der Waals surface area contributed by atoms with Gasteiger partial charge in [0.15, 0.2) is 17.0 Å². The summed E-state index contributed by atoms with van der Waals surface area (Å²) < 4.78 is 42.0. The van der Waals surface area contributed by atoms with Gasteiger partial charge in [-0.15, -0.1) is 0 Å². The van der Waals surface area contributed by atoms with Crippen LogP contribution in [0, 0.1) is 18.8 Å². The Balaban J connectivity index is 1.30. The van der Waals surface area contributed by atoms with Gasteiger partial charge in [0.05, 0.1) is 36.0 Å². The van der Waals surface area contributed by atoms with Crippen molar-refractivity contribution in [2.45, 2.75) is 45.6 Å². The van der Waals surface area contributed by atoms with Gasteiger partial charge in [-0.1, -0.05) is 0 Å². The van der Waals surface area contributed by atoms with Crippen LogP contribution in [0.2, 0.25) is 0 Å². The molecule has 4 aromatic heterocycles. The van der Waals surface area contributed by atoms with Gasteiger partial charge < -0.3 is 18.8 Å². The molecule has 5 heterocycles. The molecule has 1 saturated heterocycles. The van der Waals surface area contributed by atoms with E-state index in [-0.39, 0.29) is 23.2 Å². The van der Waals surface area contributed by atoms with E-state index in [0.717, 1.165) is 5.69 Å². The number of hydrogen-bond donors (Lipinski definition) is 0. The highest BCUT2D eigenvalue weighted by atomic mass is 19.3. The largest absolute Gasteiger partial charge is 0.493 e. The molecule has 1 aliphatic heterocycles. The van der Waals surface area contributed by atoms with Crippen LogP contribution >= 0.6 is 0 Å². The smallest absolute Gasteiger partial charge is 0.410 e. The van der Waals surface area contributed by atoms with Crippen molar-refractivity contribution in [2.24, 2.45) is 11.8 Å². The summed E-state index contributed by atoms with van der Waals surface area (Å²) in [4.78, 5) is 23.2. The lowest BCUT2D eigenvalue weighted by Crippen LogP contribution is -2.36. The number of likely N-dealkylation sites (tertiary alicyclic amines) is 1. The Kier molecular flexibility index (Phi) is 5.19. The van der Waals surface area contributed by atoms with Crippen molar-refractivity contribution in [3.63, 3.8) is 0 Å². The Bertz CT molecular complexity index is 1530. The standard InChI is InChI=1S/C26H28F2N6O3/c1-13-8-34-23(29-13)15(22(27)28)7-18(31-34)14-6-20(36-5)24-30-19(12-32(24)9-14)21-16-10-33(11-17(16)21)25(35)37-26(2,3)4/h6-9,12,16-17,21-22H,10-11H2,1-5H3. The van der Waals surface area contributed by atoms with Crippen molar-refractivity contribution in [2.75, 3.05) is 20.2 Å². The topological polar surface area (TPSA) is 86.3 Å². The van der Waals surface area contributed by atoms with Crippen molar-refractivity contribution in [3.8, 4) is 17.0 Å². The molecule has 37 heavy (non-hydrogen) atoms. The Morgan fingerprint density at radius 2 is 1.81 bits per heavy atom. The monoisotopic (exact) mass is 510 g/mol. The van der Waals surface area contributed by atoms with Crippen molar-refractivity contribution >= 4 is 17.4 Å². The number of rotatable bonds is 4. The summed E-state index contributed by atoms with van der Waals surface area (Å²) in [6, 6.07) is 3.14. The molecule has 0 spiro atoms. The minimum atomic E-state index is -2.69. The maximum Gasteiger partial charge on any atom is 0.410 e. The quantitative estimate of drug-likeness (QED) is 0.389. The molecule has 0 bridgehead atoms. The number of carbonyl (C=O) groups is 1. The highest BCUT2D eigenvalue weighted by Gasteiger charge is 2.58. The fourth-order valence-corrected chi connectivity index (χ4v) is 5.39. The number of carbonyl (C=O) groups excluding carboxylic acids is 1. The number of aryl methyl sites for hydroxylation is 1. The fourth-order valence-electron chi connectivity index (χ4n) is 5.39. The molecule has 11 heteroatoms. The van der Waals surface area contributed by atoms with Crippen LogP contribution in [0.25, 0.3) is 22.6 Å². The van der Waals surface area contributed by atoms with Gasteiger partial charge in [-0.3, -0.25) is 0 Å². The molecule has 194 valence electrons. The molecular formula is C26H28F2N6O3. The lowest BCUT2D eigenvalue weighted by molar-refractivity contribution is 0.0270. The van der Waals surface area contributed by atoms with Gasteiger partial charge in [-0.2, -0.15) is 5.10 Å². The second-order valence-corrected chi connectivity index (χ2v) is 10.9. The van der Waals surface area contributed by atoms with Crippen molar-refractivity contribution < 1.29 is 23.0 Å². The van der Waals surface area contributed by atoms with Gasteiger partial charge in [0.1, 0.15) is 5.60 Å². The third kappa shape index (κ3) is 4.06. The third-order valence-electron chi connectivity index (χ3n) is 7.05. The van der Waals surface area contributed by atoms with E-state index in [9.17, 15) is 13.6 Å². The number of aromatic nitrogens is 5. The van der Waals surface area contributed by atoms with Crippen LogP contribution in [0.4, 0.5) is 13.6 Å². The van der Waals surface area contributed by atoms with E-state index in [1.54, 1.807) is 31.2 Å². The van der Waals surface area contributed by atoms with E-state index in [1.807, 2.05) is 37.6 Å². The van der Waals surface area contributed by atoms with Gasteiger partial charge in [0.25, 0.3) is 6.43 Å². The van der Waals surface area contributed by atoms with E-state index < -0.39 is 12.0 Å². The molecule has 1 saturated carbocycles. The van der Waals surface area contributed by atoms with Crippen LogP contribution in [0.15, 0.2) is 30.7 Å². The number of amides is 1. The Labute approximate surface area is 212 Å². The van der Waals surface area contributed by atoms with E-state index in [1.165, 1.54) is 10.6 Å². The Morgan fingerprint density at radius 1 is 1.08 bits per heavy atom. The molecule has 4 aromatic rings. The van der Waals surface area contributed by atoms with Crippen LogP contribution in [-0.4, -0.2) is 60.8 Å². The molecule has 6 rings (SSSR count). The average Bonchev–Trinajstić information content (AvgIpc) is 3.21. The predicted octanol–water partition coefficient (Wildman–Crippen LogP) is 4.88. The lowest BCUT2D eigenvalue weighted by Gasteiger charge is -2.25. The van der Waals surface area contributed by atoms with Gasteiger partial charge in [0, 0.05) is 37.0 Å². The summed E-state index contributed by atoms with van der Waals surface area (Å²) >= 11 is 0. The van der Waals surface area contributed by atoms with Gasteiger partial charge >= 0.3 is 6.09 Å². The first-order valence-corrected chi connectivity index (χ1v) is 12.2. The average molecular weight is 511 g/mol. The summed E-state index contributed by atoms with van der Waals surface area (Å²) in [5.41, 5.74) is 2.63. The highest BCUT2D eigenvalue weighted by Crippen LogP contribution is 2.58. The zero-order valence-electron chi connectivity index (χ0n) is 21.3. The second kappa shape index (κ2) is 8.12. The summed E-state index contributed by atoms with van der Waals surface area (Å²) in [6.07, 6.45) is 2.44. The number of methoxy groups -OCH3 is 1. The molecular weight excluding hydrogens is 482 g/mol. The molecule has 1 aliphatic carbocycles. The molecule has 2 fully saturated rings. The number of pyridine rings is 1. The second-order valence-electron chi connectivity index (χ2n) is 10.9. The number of fused-ring (bicyclic) bond motifs is 3. The summed E-state index contributed by atoms with van der Waals surface area (Å²) in [7, 11) is 1.55. The third-order valence-corrected chi connectivity index (χ3v) is 7.05. The van der Waals surface area contributed by atoms with Crippen LogP contribution in [0.3, 0.4) is 0 Å². The van der Waals surface area contributed by atoms with Gasteiger partial charge in [-0.05, 0) is 51.7 Å². The number of alkyl halides is 2. The first kappa shape index (κ1) is 23.6. The summed E-state index contributed by atoms with van der Waals surface area (Å²) in [6.45, 7) is 8.62. The zero-order valence-corrected chi connectivity index (χ0v) is 21.3. The molecule has 0 aromatic carbocycles. The highest BCUT2D eigenvalue weighted by molar-refractivity contribution is 5.70. The fraction of sp³-hybridized carbons (Fsp3) is 0.462. The van der Waals surface area contributed by atoms with E-state index in [2.05, 4.69) is 10.1 Å². The lowest BCUT2D eigenvalue weighted by atomic mass is 10.1. The molecule has 1 amide bonds. The van der Waals surface area contributed by atoms with Crippen molar-refractivity contribution in [1.82, 2.24) is 28.9 Å². The minimum absolute atomic E-state index is 0.148. The number of nitrogens with zero attached hydrogens (tertiary/aromatic N) is 6. The van der Waals surface area contributed by atoms with Crippen LogP contribution in [0.1, 0.15) is 50.1 Å². The molecule has 2 aliphatic rings. The number of imidazole rings is 2.